The minimum Gasteiger partial charge on any atom is -0.457 e. The highest BCUT2D eigenvalue weighted by molar-refractivity contribution is 7.88. The van der Waals surface area contributed by atoms with Gasteiger partial charge in [-0.15, -0.1) is 4.40 Å². The topological polar surface area (TPSA) is 76.0 Å². The van der Waals surface area contributed by atoms with E-state index in [1.165, 1.54) is 20.2 Å². The third kappa shape index (κ3) is 3.30. The van der Waals surface area contributed by atoms with Crippen molar-refractivity contribution >= 4 is 21.9 Å². The SMILES string of the molecule is CC1=NS(=O)(=O)N(C)C=C1C(=O)OCc1ccccc1C. The molecule has 7 heteroatoms. The number of aryl methyl sites for hydroxylation is 1. The fourth-order valence-corrected chi connectivity index (χ4v) is 2.63. The molecule has 0 fully saturated rings. The van der Waals surface area contributed by atoms with E-state index in [-0.39, 0.29) is 17.9 Å². The molecule has 0 N–H and O–H groups in total. The van der Waals surface area contributed by atoms with Crippen LogP contribution in [-0.4, -0.2) is 31.5 Å². The third-order valence-electron chi connectivity index (χ3n) is 3.16. The van der Waals surface area contributed by atoms with Crippen LogP contribution in [0.1, 0.15) is 18.1 Å². The van der Waals surface area contributed by atoms with Crippen molar-refractivity contribution in [1.82, 2.24) is 4.31 Å². The molecule has 1 aromatic rings. The van der Waals surface area contributed by atoms with Gasteiger partial charge in [0, 0.05) is 13.2 Å². The normalized spacial score (nSPS) is 17.0. The van der Waals surface area contributed by atoms with Crippen molar-refractivity contribution in [2.45, 2.75) is 20.5 Å². The molecular formula is C14H16N2O4S. The molecule has 6 nitrogen and oxygen atoms in total. The van der Waals surface area contributed by atoms with Gasteiger partial charge in [-0.2, -0.15) is 8.42 Å². The van der Waals surface area contributed by atoms with Gasteiger partial charge >= 0.3 is 16.2 Å². The molecule has 1 aliphatic rings. The maximum absolute atomic E-state index is 12.1. The van der Waals surface area contributed by atoms with Gasteiger partial charge in [-0.1, -0.05) is 24.3 Å². The summed E-state index contributed by atoms with van der Waals surface area (Å²) in [6.07, 6.45) is 1.22. The zero-order chi connectivity index (χ0) is 15.6. The Balaban J connectivity index is 2.12. The number of hydrogen-bond donors (Lipinski definition) is 0. The highest BCUT2D eigenvalue weighted by atomic mass is 32.2. The molecule has 0 saturated heterocycles. The van der Waals surface area contributed by atoms with Crippen LogP contribution < -0.4 is 0 Å². The maximum atomic E-state index is 12.1. The molecular weight excluding hydrogens is 292 g/mol. The van der Waals surface area contributed by atoms with E-state index in [1.54, 1.807) is 0 Å². The van der Waals surface area contributed by atoms with Crippen molar-refractivity contribution in [2.75, 3.05) is 7.05 Å². The second kappa shape index (κ2) is 5.69. The van der Waals surface area contributed by atoms with Gasteiger partial charge in [-0.25, -0.2) is 4.79 Å². The van der Waals surface area contributed by atoms with Crippen molar-refractivity contribution in [1.29, 1.82) is 0 Å². The van der Waals surface area contributed by atoms with Crippen molar-refractivity contribution < 1.29 is 17.9 Å². The lowest BCUT2D eigenvalue weighted by Gasteiger charge is -2.19. The van der Waals surface area contributed by atoms with Crippen LogP contribution in [0.15, 0.2) is 40.4 Å². The molecule has 0 aliphatic carbocycles. The van der Waals surface area contributed by atoms with E-state index >= 15 is 0 Å². The Hall–Kier alpha value is -2.15. The van der Waals surface area contributed by atoms with Crippen LogP contribution in [0.3, 0.4) is 0 Å². The van der Waals surface area contributed by atoms with E-state index in [0.29, 0.717) is 0 Å². The van der Waals surface area contributed by atoms with Crippen molar-refractivity contribution in [3.63, 3.8) is 0 Å². The van der Waals surface area contributed by atoms with Gasteiger partial charge in [0.05, 0.1) is 11.3 Å². The number of carbonyl (C=O) groups is 1. The average Bonchev–Trinajstić information content (AvgIpc) is 2.41. The minimum atomic E-state index is -3.71. The number of nitrogens with zero attached hydrogens (tertiary/aromatic N) is 2. The summed E-state index contributed by atoms with van der Waals surface area (Å²) in [6.45, 7) is 3.52. The largest absolute Gasteiger partial charge is 0.457 e. The third-order valence-corrected chi connectivity index (χ3v) is 4.49. The van der Waals surface area contributed by atoms with E-state index in [0.717, 1.165) is 15.4 Å². The predicted octanol–water partition coefficient (Wildman–Crippen LogP) is 1.57. The lowest BCUT2D eigenvalue weighted by Crippen LogP contribution is -2.29. The lowest BCUT2D eigenvalue weighted by atomic mass is 10.1. The summed E-state index contributed by atoms with van der Waals surface area (Å²) in [5.41, 5.74) is 2.19. The molecule has 0 saturated carbocycles. The molecule has 0 bridgehead atoms. The van der Waals surface area contributed by atoms with Crippen LogP contribution in [0, 0.1) is 6.92 Å². The Kier molecular flexibility index (Phi) is 4.13. The van der Waals surface area contributed by atoms with Gasteiger partial charge in [0.25, 0.3) is 0 Å². The average molecular weight is 308 g/mol. The van der Waals surface area contributed by atoms with Crippen LogP contribution in [-0.2, 0) is 26.3 Å². The number of carbonyl (C=O) groups excluding carboxylic acids is 1. The molecule has 2 rings (SSSR count). The molecule has 0 radical (unpaired) electrons. The fourth-order valence-electron chi connectivity index (χ4n) is 1.82. The van der Waals surface area contributed by atoms with Crippen molar-refractivity contribution in [3.8, 4) is 0 Å². The van der Waals surface area contributed by atoms with E-state index in [1.807, 2.05) is 31.2 Å². The summed E-state index contributed by atoms with van der Waals surface area (Å²) in [4.78, 5) is 12.1. The molecule has 112 valence electrons. The molecule has 0 atom stereocenters. The standard InChI is InChI=1S/C14H16N2O4S/c1-10-6-4-5-7-12(10)9-20-14(17)13-8-16(3)21(18,19)15-11(13)2/h4-8H,9H2,1-3H3. The zero-order valence-corrected chi connectivity index (χ0v) is 12.8. The lowest BCUT2D eigenvalue weighted by molar-refractivity contribution is -0.139. The fraction of sp³-hybridized carbons (Fsp3) is 0.286. The predicted molar refractivity (Wildman–Crippen MR) is 78.8 cm³/mol. The molecule has 0 amide bonds. The zero-order valence-electron chi connectivity index (χ0n) is 12.0. The summed E-state index contributed by atoms with van der Waals surface area (Å²) in [5, 5.41) is 0. The molecule has 0 spiro atoms. The van der Waals surface area contributed by atoms with Crippen molar-refractivity contribution in [2.24, 2.45) is 4.40 Å². The van der Waals surface area contributed by atoms with Gasteiger partial charge in [0.1, 0.15) is 6.61 Å². The minimum absolute atomic E-state index is 0.128. The first-order chi connectivity index (χ1) is 9.81. The van der Waals surface area contributed by atoms with E-state index < -0.39 is 16.2 Å². The number of hydrogen-bond acceptors (Lipinski definition) is 4. The molecule has 1 aliphatic heterocycles. The highest BCUT2D eigenvalue weighted by Crippen LogP contribution is 2.16. The second-order valence-corrected chi connectivity index (χ2v) is 6.37. The summed E-state index contributed by atoms with van der Waals surface area (Å²) >= 11 is 0. The van der Waals surface area contributed by atoms with Gasteiger partial charge in [0.2, 0.25) is 0 Å². The van der Waals surface area contributed by atoms with Crippen LogP contribution in [0.2, 0.25) is 0 Å². The first-order valence-electron chi connectivity index (χ1n) is 6.29. The van der Waals surface area contributed by atoms with E-state index in [4.69, 9.17) is 4.74 Å². The quantitative estimate of drug-likeness (QED) is 0.794. The van der Waals surface area contributed by atoms with Gasteiger partial charge in [-0.05, 0) is 25.0 Å². The van der Waals surface area contributed by atoms with E-state index in [2.05, 4.69) is 4.40 Å². The summed E-state index contributed by atoms with van der Waals surface area (Å²) in [5.74, 6) is -0.596. The number of rotatable bonds is 3. The summed E-state index contributed by atoms with van der Waals surface area (Å²) < 4.78 is 32.7. The number of esters is 1. The molecule has 1 heterocycles. The summed E-state index contributed by atoms with van der Waals surface area (Å²) in [7, 11) is -2.39. The van der Waals surface area contributed by atoms with Crippen LogP contribution in [0.5, 0.6) is 0 Å². The van der Waals surface area contributed by atoms with Gasteiger partial charge < -0.3 is 4.74 Å². The molecule has 1 aromatic carbocycles. The Morgan fingerprint density at radius 1 is 1.29 bits per heavy atom. The van der Waals surface area contributed by atoms with Gasteiger partial charge in [-0.3, -0.25) is 4.31 Å². The second-order valence-electron chi connectivity index (χ2n) is 4.72. The maximum Gasteiger partial charge on any atom is 0.344 e. The Morgan fingerprint density at radius 2 is 1.95 bits per heavy atom. The van der Waals surface area contributed by atoms with Gasteiger partial charge in [0.15, 0.2) is 0 Å². The molecule has 21 heavy (non-hydrogen) atoms. The highest BCUT2D eigenvalue weighted by Gasteiger charge is 2.26. The van der Waals surface area contributed by atoms with Crippen LogP contribution in [0.4, 0.5) is 0 Å². The van der Waals surface area contributed by atoms with E-state index in [9.17, 15) is 13.2 Å². The smallest absolute Gasteiger partial charge is 0.344 e. The monoisotopic (exact) mass is 308 g/mol. The Bertz CT molecular complexity index is 735. The number of ether oxygens (including phenoxy) is 1. The Morgan fingerprint density at radius 3 is 2.62 bits per heavy atom. The van der Waals surface area contributed by atoms with Crippen LogP contribution in [0.25, 0.3) is 0 Å². The van der Waals surface area contributed by atoms with Crippen molar-refractivity contribution in [3.05, 3.63) is 47.2 Å². The first kappa shape index (κ1) is 15.2. The van der Waals surface area contributed by atoms with Crippen LogP contribution >= 0.6 is 0 Å². The first-order valence-corrected chi connectivity index (χ1v) is 7.69. The molecule has 0 aromatic heterocycles. The Labute approximate surface area is 123 Å². The molecule has 0 unspecified atom stereocenters. The number of benzene rings is 1. The summed E-state index contributed by atoms with van der Waals surface area (Å²) in [6, 6.07) is 7.57.